The van der Waals surface area contributed by atoms with Gasteiger partial charge in [0.1, 0.15) is 0 Å². The van der Waals surface area contributed by atoms with E-state index in [2.05, 4.69) is 12.1 Å². The summed E-state index contributed by atoms with van der Waals surface area (Å²) in [6, 6.07) is 0. The number of nitrogens with zero attached hydrogens (tertiary/aromatic N) is 1. The zero-order valence-corrected chi connectivity index (χ0v) is 5.09. The fourth-order valence-corrected chi connectivity index (χ4v) is 1.15. The average Bonchev–Trinajstić information content (AvgIpc) is 2.14. The Balaban J connectivity index is 2.55. The standard InChI is InChI=1S/C6H11NO/c1-5-3-2-4-6(5)7-8/h5,8H,2-4H2,1H3/b7-6+. The highest BCUT2D eigenvalue weighted by molar-refractivity contribution is 5.87. The summed E-state index contributed by atoms with van der Waals surface area (Å²) in [6.07, 6.45) is 3.39. The van der Waals surface area contributed by atoms with Crippen LogP contribution in [0.3, 0.4) is 0 Å². The predicted octanol–water partition coefficient (Wildman–Crippen LogP) is 1.64. The molecule has 0 spiro atoms. The Kier molecular flexibility index (Phi) is 1.51. The Morgan fingerprint density at radius 3 is 2.75 bits per heavy atom. The van der Waals surface area contributed by atoms with E-state index in [1.165, 1.54) is 12.8 Å². The smallest absolute Gasteiger partial charge is 0.0598 e. The minimum atomic E-state index is 0.528. The average molecular weight is 113 g/mol. The van der Waals surface area contributed by atoms with Crippen molar-refractivity contribution in [2.75, 3.05) is 0 Å². The van der Waals surface area contributed by atoms with Crippen molar-refractivity contribution < 1.29 is 5.21 Å². The summed E-state index contributed by atoms with van der Waals surface area (Å²) >= 11 is 0. The van der Waals surface area contributed by atoms with Gasteiger partial charge in [0.2, 0.25) is 0 Å². The lowest BCUT2D eigenvalue weighted by atomic mass is 10.1. The molecule has 1 N–H and O–H groups in total. The maximum absolute atomic E-state index is 8.32. The molecule has 1 fully saturated rings. The second-order valence-corrected chi connectivity index (χ2v) is 2.38. The molecule has 0 bridgehead atoms. The molecule has 1 rings (SSSR count). The highest BCUT2D eigenvalue weighted by atomic mass is 16.4. The van der Waals surface area contributed by atoms with Gasteiger partial charge in [-0.05, 0) is 25.2 Å². The third-order valence-corrected chi connectivity index (χ3v) is 1.77. The maximum atomic E-state index is 8.32. The van der Waals surface area contributed by atoms with E-state index in [1.807, 2.05) is 0 Å². The van der Waals surface area contributed by atoms with Crippen LogP contribution in [0.15, 0.2) is 5.16 Å². The molecule has 0 amide bonds. The van der Waals surface area contributed by atoms with E-state index in [9.17, 15) is 0 Å². The van der Waals surface area contributed by atoms with Crippen LogP contribution < -0.4 is 0 Å². The third-order valence-electron chi connectivity index (χ3n) is 1.77. The molecule has 0 radical (unpaired) electrons. The summed E-state index contributed by atoms with van der Waals surface area (Å²) in [4.78, 5) is 0. The largest absolute Gasteiger partial charge is 0.411 e. The van der Waals surface area contributed by atoms with Gasteiger partial charge in [0.05, 0.1) is 5.71 Å². The minimum absolute atomic E-state index is 0.528. The predicted molar refractivity (Wildman–Crippen MR) is 32.2 cm³/mol. The van der Waals surface area contributed by atoms with Gasteiger partial charge in [-0.2, -0.15) is 0 Å². The number of oxime groups is 1. The number of rotatable bonds is 0. The van der Waals surface area contributed by atoms with Crippen LogP contribution in [0.1, 0.15) is 26.2 Å². The minimum Gasteiger partial charge on any atom is -0.411 e. The molecule has 0 saturated heterocycles. The highest BCUT2D eigenvalue weighted by Gasteiger charge is 2.17. The van der Waals surface area contributed by atoms with Crippen molar-refractivity contribution >= 4 is 5.71 Å². The Morgan fingerprint density at radius 1 is 1.75 bits per heavy atom. The maximum Gasteiger partial charge on any atom is 0.0598 e. The molecule has 0 aromatic carbocycles. The van der Waals surface area contributed by atoms with Gasteiger partial charge >= 0.3 is 0 Å². The Morgan fingerprint density at radius 2 is 2.50 bits per heavy atom. The second kappa shape index (κ2) is 2.16. The monoisotopic (exact) mass is 113 g/mol. The quantitative estimate of drug-likeness (QED) is 0.376. The fraction of sp³-hybridized carbons (Fsp3) is 0.833. The summed E-state index contributed by atoms with van der Waals surface area (Å²) in [6.45, 7) is 2.10. The van der Waals surface area contributed by atoms with Gasteiger partial charge in [0.25, 0.3) is 0 Å². The molecule has 46 valence electrons. The van der Waals surface area contributed by atoms with Crippen molar-refractivity contribution in [1.29, 1.82) is 0 Å². The Bertz CT molecular complexity index is 109. The van der Waals surface area contributed by atoms with Crippen molar-refractivity contribution in [1.82, 2.24) is 0 Å². The molecule has 1 atom stereocenters. The lowest BCUT2D eigenvalue weighted by Crippen LogP contribution is -2.00. The van der Waals surface area contributed by atoms with E-state index in [0.717, 1.165) is 12.1 Å². The Labute approximate surface area is 49.2 Å². The van der Waals surface area contributed by atoms with E-state index < -0.39 is 0 Å². The molecule has 0 aliphatic heterocycles. The number of hydrogen-bond acceptors (Lipinski definition) is 2. The van der Waals surface area contributed by atoms with E-state index in [1.54, 1.807) is 0 Å². The van der Waals surface area contributed by atoms with E-state index in [-0.39, 0.29) is 0 Å². The van der Waals surface area contributed by atoms with Crippen LogP contribution in [0.25, 0.3) is 0 Å². The van der Waals surface area contributed by atoms with Crippen molar-refractivity contribution in [3.05, 3.63) is 0 Å². The normalized spacial score (nSPS) is 34.1. The van der Waals surface area contributed by atoms with Gasteiger partial charge in [0.15, 0.2) is 0 Å². The van der Waals surface area contributed by atoms with Crippen LogP contribution in [0.2, 0.25) is 0 Å². The van der Waals surface area contributed by atoms with Gasteiger partial charge < -0.3 is 5.21 Å². The summed E-state index contributed by atoms with van der Waals surface area (Å²) in [5.41, 5.74) is 0.977. The van der Waals surface area contributed by atoms with E-state index >= 15 is 0 Å². The third kappa shape index (κ3) is 0.831. The van der Waals surface area contributed by atoms with E-state index in [4.69, 9.17) is 5.21 Å². The first-order chi connectivity index (χ1) is 3.84. The van der Waals surface area contributed by atoms with Gasteiger partial charge in [-0.15, -0.1) is 0 Å². The summed E-state index contributed by atoms with van der Waals surface area (Å²) in [7, 11) is 0. The SMILES string of the molecule is CC1CCC/C1=N\O. The first-order valence-corrected chi connectivity index (χ1v) is 3.05. The molecular weight excluding hydrogens is 102 g/mol. The van der Waals surface area contributed by atoms with Crippen molar-refractivity contribution in [2.24, 2.45) is 11.1 Å². The van der Waals surface area contributed by atoms with Gasteiger partial charge in [-0.1, -0.05) is 12.1 Å². The van der Waals surface area contributed by atoms with E-state index in [0.29, 0.717) is 5.92 Å². The fourth-order valence-electron chi connectivity index (χ4n) is 1.15. The van der Waals surface area contributed by atoms with Crippen molar-refractivity contribution in [3.63, 3.8) is 0 Å². The lowest BCUT2D eigenvalue weighted by molar-refractivity contribution is 0.315. The highest BCUT2D eigenvalue weighted by Crippen LogP contribution is 2.20. The molecule has 1 aliphatic carbocycles. The zero-order valence-electron chi connectivity index (χ0n) is 5.09. The number of hydrogen-bond donors (Lipinski definition) is 1. The van der Waals surface area contributed by atoms with Crippen LogP contribution in [-0.4, -0.2) is 10.9 Å². The molecule has 8 heavy (non-hydrogen) atoms. The van der Waals surface area contributed by atoms with Crippen LogP contribution in [0, 0.1) is 5.92 Å². The molecule has 0 aromatic rings. The first-order valence-electron chi connectivity index (χ1n) is 3.05. The van der Waals surface area contributed by atoms with Gasteiger partial charge in [-0.3, -0.25) is 0 Å². The molecule has 2 nitrogen and oxygen atoms in total. The Hall–Kier alpha value is -0.530. The molecular formula is C6H11NO. The zero-order chi connectivity index (χ0) is 5.98. The summed E-state index contributed by atoms with van der Waals surface area (Å²) in [5.74, 6) is 0.528. The van der Waals surface area contributed by atoms with Crippen LogP contribution in [0.5, 0.6) is 0 Å². The lowest BCUT2D eigenvalue weighted by Gasteiger charge is -1.96. The molecule has 1 unspecified atom stereocenters. The topological polar surface area (TPSA) is 32.6 Å². The van der Waals surface area contributed by atoms with Gasteiger partial charge in [0, 0.05) is 0 Å². The van der Waals surface area contributed by atoms with Gasteiger partial charge in [-0.25, -0.2) is 0 Å². The van der Waals surface area contributed by atoms with Crippen molar-refractivity contribution in [3.8, 4) is 0 Å². The first kappa shape index (κ1) is 5.60. The van der Waals surface area contributed by atoms with Crippen LogP contribution in [-0.2, 0) is 0 Å². The van der Waals surface area contributed by atoms with Crippen molar-refractivity contribution in [2.45, 2.75) is 26.2 Å². The summed E-state index contributed by atoms with van der Waals surface area (Å²) in [5, 5.41) is 11.5. The molecule has 1 saturated carbocycles. The molecule has 1 aliphatic rings. The second-order valence-electron chi connectivity index (χ2n) is 2.38. The van der Waals surface area contributed by atoms with Crippen LogP contribution in [0.4, 0.5) is 0 Å². The summed E-state index contributed by atoms with van der Waals surface area (Å²) < 4.78 is 0. The molecule has 2 heteroatoms. The molecule has 0 heterocycles. The molecule has 0 aromatic heterocycles. The van der Waals surface area contributed by atoms with Crippen LogP contribution >= 0.6 is 0 Å².